The van der Waals surface area contributed by atoms with Crippen LogP contribution in [0.3, 0.4) is 0 Å². The Hall–Kier alpha value is -1.50. The van der Waals surface area contributed by atoms with Gasteiger partial charge in [0.2, 0.25) is 0 Å². The minimum Gasteiger partial charge on any atom is -0.361 e. The van der Waals surface area contributed by atoms with Gasteiger partial charge in [-0.25, -0.2) is 0 Å². The number of allylic oxidation sites excluding steroid dienone is 7. The van der Waals surface area contributed by atoms with Crippen molar-refractivity contribution in [3.8, 4) is 0 Å². The lowest BCUT2D eigenvalue weighted by atomic mass is 9.54. The largest absolute Gasteiger partial charge is 0.361 e. The maximum absolute atomic E-state index is 2.67. The second kappa shape index (κ2) is 5.30. The first-order valence-electron chi connectivity index (χ1n) is 8.65. The summed E-state index contributed by atoms with van der Waals surface area (Å²) in [5, 5.41) is 0. The molecule has 1 aliphatic carbocycles. The van der Waals surface area contributed by atoms with Crippen molar-refractivity contribution in [2.75, 3.05) is 6.54 Å². The second-order valence-electron chi connectivity index (χ2n) is 7.29. The van der Waals surface area contributed by atoms with E-state index in [0.717, 1.165) is 19.4 Å². The van der Waals surface area contributed by atoms with Crippen molar-refractivity contribution < 1.29 is 0 Å². The second-order valence-corrected chi connectivity index (χ2v) is 7.29. The Kier molecular flexibility index (Phi) is 3.71. The van der Waals surface area contributed by atoms with Crippen molar-refractivity contribution in [3.05, 3.63) is 59.4 Å². The van der Waals surface area contributed by atoms with Crippen molar-refractivity contribution in [2.24, 2.45) is 11.3 Å². The fourth-order valence-corrected chi connectivity index (χ4v) is 4.87. The van der Waals surface area contributed by atoms with Crippen LogP contribution in [-0.2, 0) is 0 Å². The Morgan fingerprint density at radius 2 is 2.09 bits per heavy atom. The highest BCUT2D eigenvalue weighted by atomic mass is 15.2. The first-order valence-corrected chi connectivity index (χ1v) is 8.65. The molecular weight excluding hydrogens is 266 g/mol. The molecule has 22 heavy (non-hydrogen) atoms. The van der Waals surface area contributed by atoms with Gasteiger partial charge in [0.25, 0.3) is 0 Å². The number of hydrogen-bond donors (Lipinski definition) is 0. The van der Waals surface area contributed by atoms with Crippen molar-refractivity contribution in [3.63, 3.8) is 0 Å². The molecule has 0 saturated carbocycles. The molecule has 0 aromatic heterocycles. The topological polar surface area (TPSA) is 3.24 Å². The Morgan fingerprint density at radius 3 is 2.77 bits per heavy atom. The number of hydrogen-bond acceptors (Lipinski definition) is 1. The van der Waals surface area contributed by atoms with E-state index in [1.807, 2.05) is 0 Å². The summed E-state index contributed by atoms with van der Waals surface area (Å²) < 4.78 is 0. The molecule has 1 nitrogen and oxygen atoms in total. The molecule has 3 unspecified atom stereocenters. The molecule has 3 aliphatic rings. The van der Waals surface area contributed by atoms with Crippen LogP contribution in [-0.4, -0.2) is 17.0 Å². The number of nitrogens with zero attached hydrogens (tertiary/aromatic N) is 1. The van der Waals surface area contributed by atoms with Crippen molar-refractivity contribution in [1.29, 1.82) is 0 Å². The van der Waals surface area contributed by atoms with Gasteiger partial charge >= 0.3 is 0 Å². The van der Waals surface area contributed by atoms with Gasteiger partial charge in [0.15, 0.2) is 0 Å². The van der Waals surface area contributed by atoms with Gasteiger partial charge in [-0.1, -0.05) is 56.4 Å². The standard InChI is InChI=1S/C21H29N/c1-6-14-20(4)18-13-9-8-12-17(18)19-16(3)11-10-15-22(19)21(20,5)7-2/h6,8-12,14,18H,7,13,15H2,1-5H3. The Balaban J connectivity index is 2.27. The summed E-state index contributed by atoms with van der Waals surface area (Å²) in [5.74, 6) is 0.575. The minimum atomic E-state index is 0.147. The van der Waals surface area contributed by atoms with Gasteiger partial charge in [-0.15, -0.1) is 0 Å². The first-order chi connectivity index (χ1) is 10.5. The van der Waals surface area contributed by atoms with E-state index in [1.54, 1.807) is 0 Å². The van der Waals surface area contributed by atoms with Crippen LogP contribution in [0.15, 0.2) is 59.4 Å². The van der Waals surface area contributed by atoms with Crippen LogP contribution in [0.25, 0.3) is 0 Å². The monoisotopic (exact) mass is 295 g/mol. The Labute approximate surface area is 135 Å². The zero-order valence-corrected chi connectivity index (χ0v) is 14.7. The molecule has 3 atom stereocenters. The molecule has 0 amide bonds. The van der Waals surface area contributed by atoms with E-state index in [2.05, 4.69) is 82.1 Å². The third-order valence-electron chi connectivity index (χ3n) is 6.41. The fraction of sp³-hybridized carbons (Fsp3) is 0.524. The third kappa shape index (κ3) is 1.84. The smallest absolute Gasteiger partial charge is 0.0469 e. The van der Waals surface area contributed by atoms with Crippen LogP contribution in [0.1, 0.15) is 47.5 Å². The third-order valence-corrected chi connectivity index (χ3v) is 6.41. The number of rotatable bonds is 2. The molecule has 3 rings (SSSR count). The molecule has 0 aromatic carbocycles. The van der Waals surface area contributed by atoms with Crippen molar-refractivity contribution in [1.82, 2.24) is 4.90 Å². The van der Waals surface area contributed by atoms with Gasteiger partial charge in [0.05, 0.1) is 0 Å². The number of fused-ring (bicyclic) bond motifs is 3. The molecular formula is C21H29N. The van der Waals surface area contributed by atoms with E-state index in [0.29, 0.717) is 5.92 Å². The molecule has 2 aliphatic heterocycles. The van der Waals surface area contributed by atoms with Gasteiger partial charge in [-0.2, -0.15) is 0 Å². The highest BCUT2D eigenvalue weighted by Gasteiger charge is 2.56. The highest BCUT2D eigenvalue weighted by molar-refractivity contribution is 5.51. The predicted octanol–water partition coefficient (Wildman–Crippen LogP) is 5.40. The molecule has 0 spiro atoms. The zero-order chi connectivity index (χ0) is 16.0. The Bertz CT molecular complexity index is 616. The quantitative estimate of drug-likeness (QED) is 0.617. The number of piperidine rings is 1. The first kappa shape index (κ1) is 15.4. The van der Waals surface area contributed by atoms with E-state index < -0.39 is 0 Å². The van der Waals surface area contributed by atoms with Gasteiger partial charge in [-0.05, 0) is 44.8 Å². The highest BCUT2D eigenvalue weighted by Crippen LogP contribution is 2.58. The minimum absolute atomic E-state index is 0.147. The summed E-state index contributed by atoms with van der Waals surface area (Å²) in [6, 6.07) is 0. The molecule has 1 heteroatoms. The van der Waals surface area contributed by atoms with Crippen LogP contribution < -0.4 is 0 Å². The van der Waals surface area contributed by atoms with Crippen molar-refractivity contribution in [2.45, 2.75) is 53.0 Å². The average molecular weight is 295 g/mol. The molecule has 1 fully saturated rings. The Morgan fingerprint density at radius 1 is 1.32 bits per heavy atom. The van der Waals surface area contributed by atoms with Crippen LogP contribution in [0.5, 0.6) is 0 Å². The van der Waals surface area contributed by atoms with Crippen LogP contribution in [0.4, 0.5) is 0 Å². The SMILES string of the molecule is CC=CC1(C)C2CC=CC=C2C2=C(C)C=CCN2C1(C)CC. The summed E-state index contributed by atoms with van der Waals surface area (Å²) in [4.78, 5) is 2.67. The lowest BCUT2D eigenvalue weighted by molar-refractivity contribution is -0.00976. The molecule has 0 aromatic rings. The van der Waals surface area contributed by atoms with Crippen LogP contribution in [0, 0.1) is 11.3 Å². The zero-order valence-electron chi connectivity index (χ0n) is 14.7. The molecule has 1 saturated heterocycles. The van der Waals surface area contributed by atoms with E-state index in [9.17, 15) is 0 Å². The summed E-state index contributed by atoms with van der Waals surface area (Å²) in [6.07, 6.45) is 18.6. The van der Waals surface area contributed by atoms with E-state index in [-0.39, 0.29) is 11.0 Å². The van der Waals surface area contributed by atoms with Gasteiger partial charge < -0.3 is 4.90 Å². The van der Waals surface area contributed by atoms with Crippen molar-refractivity contribution >= 4 is 0 Å². The lowest BCUT2D eigenvalue weighted by Crippen LogP contribution is -2.63. The van der Waals surface area contributed by atoms with Gasteiger partial charge in [-0.3, -0.25) is 0 Å². The summed E-state index contributed by atoms with van der Waals surface area (Å²) in [5.41, 5.74) is 4.75. The van der Waals surface area contributed by atoms with E-state index in [4.69, 9.17) is 0 Å². The molecule has 0 radical (unpaired) electrons. The van der Waals surface area contributed by atoms with Crippen LogP contribution in [0.2, 0.25) is 0 Å². The maximum atomic E-state index is 2.67. The molecule has 0 N–H and O–H groups in total. The van der Waals surface area contributed by atoms with E-state index in [1.165, 1.54) is 16.8 Å². The maximum Gasteiger partial charge on any atom is 0.0469 e. The van der Waals surface area contributed by atoms with Gasteiger partial charge in [0.1, 0.15) is 0 Å². The van der Waals surface area contributed by atoms with E-state index >= 15 is 0 Å². The summed E-state index contributed by atoms with van der Waals surface area (Å²) in [6.45, 7) is 12.7. The normalized spacial score (nSPS) is 37.4. The molecule has 2 heterocycles. The average Bonchev–Trinajstić information content (AvgIpc) is 2.53. The summed E-state index contributed by atoms with van der Waals surface area (Å²) in [7, 11) is 0. The van der Waals surface area contributed by atoms with Gasteiger partial charge in [0, 0.05) is 29.1 Å². The molecule has 0 bridgehead atoms. The van der Waals surface area contributed by atoms with Crippen LogP contribution >= 0.6 is 0 Å². The molecule has 118 valence electrons. The lowest BCUT2D eigenvalue weighted by Gasteiger charge is -2.62. The summed E-state index contributed by atoms with van der Waals surface area (Å²) >= 11 is 0. The fourth-order valence-electron chi connectivity index (χ4n) is 4.87. The predicted molar refractivity (Wildman–Crippen MR) is 95.5 cm³/mol.